The first kappa shape index (κ1) is 18.1. The number of rotatable bonds is 5. The maximum atomic E-state index is 11.9. The molecule has 1 amide bonds. The molecule has 1 fully saturated rings. The number of likely N-dealkylation sites (tertiary alicyclic amines) is 1. The van der Waals surface area contributed by atoms with Gasteiger partial charge < -0.3 is 10.2 Å². The highest BCUT2D eigenvalue weighted by atomic mass is 32.1. The number of nitrogens with one attached hydrogen (secondary N) is 1. The highest BCUT2D eigenvalue weighted by Gasteiger charge is 2.23. The van der Waals surface area contributed by atoms with Gasteiger partial charge in [-0.15, -0.1) is 11.3 Å². The second-order valence-electron chi connectivity index (χ2n) is 6.45. The quantitative estimate of drug-likeness (QED) is 0.819. The number of carbonyl (C=O) groups excluding carboxylic acids is 1. The molecule has 0 bridgehead atoms. The topological polar surface area (TPSA) is 81.9 Å². The van der Waals surface area contributed by atoms with Crippen LogP contribution >= 0.6 is 11.3 Å². The molecule has 3 rings (SSSR count). The van der Waals surface area contributed by atoms with Gasteiger partial charge in [0.05, 0.1) is 11.6 Å². The van der Waals surface area contributed by atoms with Gasteiger partial charge in [0, 0.05) is 29.9 Å². The van der Waals surface area contributed by atoms with E-state index in [1.807, 2.05) is 17.9 Å². The van der Waals surface area contributed by atoms with Crippen molar-refractivity contribution in [2.45, 2.75) is 26.2 Å². The van der Waals surface area contributed by atoms with Crippen LogP contribution < -0.4 is 5.32 Å². The molecular formula is C19H21N5OS. The normalized spacial score (nSPS) is 16.8. The Kier molecular flexibility index (Phi) is 5.64. The summed E-state index contributed by atoms with van der Waals surface area (Å²) < 4.78 is 0. The molecule has 0 saturated carbocycles. The number of hydrogen-bond donors (Lipinski definition) is 1. The number of pyridine rings is 1. The number of hydrogen-bond acceptors (Lipinski definition) is 6. The van der Waals surface area contributed by atoms with Gasteiger partial charge >= 0.3 is 0 Å². The van der Waals surface area contributed by atoms with E-state index in [0.717, 1.165) is 41.5 Å². The molecule has 0 radical (unpaired) electrons. The fraction of sp³-hybridized carbons (Fsp3) is 0.368. The van der Waals surface area contributed by atoms with E-state index >= 15 is 0 Å². The van der Waals surface area contributed by atoms with Gasteiger partial charge in [-0.1, -0.05) is 6.58 Å². The van der Waals surface area contributed by atoms with Crippen molar-refractivity contribution in [2.75, 3.05) is 18.4 Å². The van der Waals surface area contributed by atoms with Crippen molar-refractivity contribution < 1.29 is 4.79 Å². The molecule has 2 aromatic rings. The lowest BCUT2D eigenvalue weighted by atomic mass is 9.92. The van der Waals surface area contributed by atoms with Gasteiger partial charge in [-0.3, -0.25) is 4.79 Å². The van der Waals surface area contributed by atoms with Crippen LogP contribution in [0.5, 0.6) is 0 Å². The van der Waals surface area contributed by atoms with Gasteiger partial charge in [0.25, 0.3) is 0 Å². The molecule has 2 aromatic heterocycles. The summed E-state index contributed by atoms with van der Waals surface area (Å²) in [6, 6.07) is 5.75. The molecule has 6 nitrogen and oxygen atoms in total. The highest BCUT2D eigenvalue weighted by molar-refractivity contribution is 7.15. The Bertz CT molecular complexity index is 854. The Morgan fingerprint density at radius 3 is 3.12 bits per heavy atom. The number of aryl methyl sites for hydroxylation is 1. The number of carbonyl (C=O) groups is 1. The summed E-state index contributed by atoms with van der Waals surface area (Å²) in [6.45, 7) is 7.05. The lowest BCUT2D eigenvalue weighted by Crippen LogP contribution is -2.39. The Labute approximate surface area is 157 Å². The van der Waals surface area contributed by atoms with Crippen molar-refractivity contribution in [1.29, 1.82) is 5.26 Å². The summed E-state index contributed by atoms with van der Waals surface area (Å²) in [7, 11) is 0. The Morgan fingerprint density at radius 1 is 1.58 bits per heavy atom. The van der Waals surface area contributed by atoms with Gasteiger partial charge in [0.1, 0.15) is 5.82 Å². The van der Waals surface area contributed by atoms with Crippen LogP contribution in [0.3, 0.4) is 0 Å². The third-order valence-corrected chi connectivity index (χ3v) is 5.20. The average Bonchev–Trinajstić information content (AvgIpc) is 3.05. The standard InChI is InChI=1S/C19H21N5OS/c1-3-18(25)24-6-4-5-14(12-24)7-16-8-15(10-20)9-17(22-16)23-19-21-11-13(2)26-19/h3,8-9,11,14H,1,4-7,12H2,2H3,(H,21,22,23)/t14-/m1/s1. The average molecular weight is 367 g/mol. The van der Waals surface area contributed by atoms with Crippen molar-refractivity contribution in [3.05, 3.63) is 47.1 Å². The lowest BCUT2D eigenvalue weighted by Gasteiger charge is -2.32. The minimum absolute atomic E-state index is 0.0186. The summed E-state index contributed by atoms with van der Waals surface area (Å²) in [5.41, 5.74) is 1.43. The van der Waals surface area contributed by atoms with Gasteiger partial charge in [-0.2, -0.15) is 5.26 Å². The number of nitriles is 1. The molecule has 26 heavy (non-hydrogen) atoms. The summed E-state index contributed by atoms with van der Waals surface area (Å²) in [6.07, 6.45) is 5.94. The zero-order valence-corrected chi connectivity index (χ0v) is 15.6. The molecule has 134 valence electrons. The van der Waals surface area contributed by atoms with E-state index in [4.69, 9.17) is 0 Å². The second kappa shape index (κ2) is 8.11. The maximum Gasteiger partial charge on any atom is 0.245 e. The first-order chi connectivity index (χ1) is 12.6. The van der Waals surface area contributed by atoms with Crippen LogP contribution in [-0.2, 0) is 11.2 Å². The van der Waals surface area contributed by atoms with E-state index in [-0.39, 0.29) is 5.91 Å². The van der Waals surface area contributed by atoms with Crippen molar-refractivity contribution in [1.82, 2.24) is 14.9 Å². The fourth-order valence-electron chi connectivity index (χ4n) is 3.20. The zero-order chi connectivity index (χ0) is 18.5. The minimum atomic E-state index is -0.0186. The zero-order valence-electron chi connectivity index (χ0n) is 14.7. The molecule has 0 aromatic carbocycles. The van der Waals surface area contributed by atoms with Crippen molar-refractivity contribution >= 4 is 28.2 Å². The SMILES string of the molecule is C=CC(=O)N1CCC[C@H](Cc2cc(C#N)cc(Nc3ncc(C)s3)n2)C1. The second-order valence-corrected chi connectivity index (χ2v) is 7.68. The molecule has 1 atom stereocenters. The van der Waals surface area contributed by atoms with Crippen LogP contribution in [0.2, 0.25) is 0 Å². The largest absolute Gasteiger partial charge is 0.339 e. The minimum Gasteiger partial charge on any atom is -0.339 e. The molecule has 0 spiro atoms. The third-order valence-electron chi connectivity index (χ3n) is 4.37. The Hall–Kier alpha value is -2.72. The predicted octanol–water partition coefficient (Wildman–Crippen LogP) is 3.43. The van der Waals surface area contributed by atoms with Gasteiger partial charge in [-0.05, 0) is 50.3 Å². The van der Waals surface area contributed by atoms with Crippen LogP contribution in [0.4, 0.5) is 10.9 Å². The van der Waals surface area contributed by atoms with E-state index in [0.29, 0.717) is 23.8 Å². The first-order valence-electron chi connectivity index (χ1n) is 8.59. The molecular weight excluding hydrogens is 346 g/mol. The number of nitrogens with zero attached hydrogens (tertiary/aromatic N) is 4. The van der Waals surface area contributed by atoms with Crippen LogP contribution in [0.1, 0.15) is 29.0 Å². The smallest absolute Gasteiger partial charge is 0.245 e. The summed E-state index contributed by atoms with van der Waals surface area (Å²) in [5.74, 6) is 0.946. The van der Waals surface area contributed by atoms with Crippen LogP contribution in [0, 0.1) is 24.2 Å². The molecule has 1 saturated heterocycles. The van der Waals surface area contributed by atoms with Crippen LogP contribution in [0.15, 0.2) is 31.0 Å². The summed E-state index contributed by atoms with van der Waals surface area (Å²) in [4.78, 5) is 23.7. The monoisotopic (exact) mass is 367 g/mol. The van der Waals surface area contributed by atoms with Crippen molar-refractivity contribution in [2.24, 2.45) is 5.92 Å². The highest BCUT2D eigenvalue weighted by Crippen LogP contribution is 2.24. The van der Waals surface area contributed by atoms with Gasteiger partial charge in [0.2, 0.25) is 5.91 Å². The molecule has 0 aliphatic carbocycles. The molecule has 1 aliphatic heterocycles. The van der Waals surface area contributed by atoms with Gasteiger partial charge in [0.15, 0.2) is 5.13 Å². The molecule has 0 unspecified atom stereocenters. The number of piperidine rings is 1. The predicted molar refractivity (Wildman–Crippen MR) is 102 cm³/mol. The van der Waals surface area contributed by atoms with E-state index < -0.39 is 0 Å². The molecule has 1 N–H and O–H groups in total. The Balaban J connectivity index is 1.74. The van der Waals surface area contributed by atoms with Crippen LogP contribution in [0.25, 0.3) is 0 Å². The van der Waals surface area contributed by atoms with E-state index in [1.165, 1.54) is 6.08 Å². The van der Waals surface area contributed by atoms with Crippen LogP contribution in [-0.4, -0.2) is 33.9 Å². The number of amides is 1. The maximum absolute atomic E-state index is 11.9. The Morgan fingerprint density at radius 2 is 2.42 bits per heavy atom. The first-order valence-corrected chi connectivity index (χ1v) is 9.41. The van der Waals surface area contributed by atoms with E-state index in [1.54, 1.807) is 23.6 Å². The fourth-order valence-corrected chi connectivity index (χ4v) is 3.87. The number of aromatic nitrogens is 2. The molecule has 3 heterocycles. The third kappa shape index (κ3) is 4.46. The van der Waals surface area contributed by atoms with E-state index in [9.17, 15) is 10.1 Å². The van der Waals surface area contributed by atoms with Gasteiger partial charge in [-0.25, -0.2) is 9.97 Å². The van der Waals surface area contributed by atoms with Crippen molar-refractivity contribution in [3.63, 3.8) is 0 Å². The lowest BCUT2D eigenvalue weighted by molar-refractivity contribution is -0.127. The number of thiazole rings is 1. The summed E-state index contributed by atoms with van der Waals surface area (Å²) in [5, 5.41) is 13.3. The number of anilines is 2. The molecule has 1 aliphatic rings. The van der Waals surface area contributed by atoms with Crippen molar-refractivity contribution in [3.8, 4) is 6.07 Å². The molecule has 7 heteroatoms. The summed E-state index contributed by atoms with van der Waals surface area (Å²) >= 11 is 1.54. The van der Waals surface area contributed by atoms with E-state index in [2.05, 4.69) is 27.9 Å².